The summed E-state index contributed by atoms with van der Waals surface area (Å²) in [5.74, 6) is -0.192. The van der Waals surface area contributed by atoms with Crippen LogP contribution in [-0.2, 0) is 13.0 Å². The zero-order valence-corrected chi connectivity index (χ0v) is 8.02. The maximum Gasteiger partial charge on any atom is 0.127 e. The molecular weight excluding hydrogens is 165 g/mol. The molecule has 2 heteroatoms. The molecule has 0 saturated carbocycles. The first-order valence-corrected chi connectivity index (χ1v) is 4.75. The van der Waals surface area contributed by atoms with E-state index in [1.807, 2.05) is 12.1 Å². The molecule has 0 fully saturated rings. The summed E-state index contributed by atoms with van der Waals surface area (Å²) >= 11 is 0. The fourth-order valence-electron chi connectivity index (χ4n) is 1.32. The van der Waals surface area contributed by atoms with Gasteiger partial charge in [-0.3, -0.25) is 0 Å². The average molecular weight is 181 g/mol. The number of rotatable bonds is 4. The van der Waals surface area contributed by atoms with Gasteiger partial charge in [0.05, 0.1) is 0 Å². The number of benzene rings is 1. The van der Waals surface area contributed by atoms with E-state index in [9.17, 15) is 4.39 Å². The van der Waals surface area contributed by atoms with E-state index in [0.717, 1.165) is 19.3 Å². The molecule has 1 aromatic rings. The molecule has 1 aromatic carbocycles. The Kier molecular flexibility index (Phi) is 3.90. The van der Waals surface area contributed by atoms with E-state index in [0.29, 0.717) is 5.56 Å². The Balaban J connectivity index is 2.74. The summed E-state index contributed by atoms with van der Waals surface area (Å²) in [6.45, 7) is 2.43. The van der Waals surface area contributed by atoms with Gasteiger partial charge in [-0.25, -0.2) is 4.39 Å². The molecule has 0 aliphatic rings. The van der Waals surface area contributed by atoms with Crippen molar-refractivity contribution in [1.82, 2.24) is 0 Å². The van der Waals surface area contributed by atoms with Gasteiger partial charge >= 0.3 is 0 Å². The van der Waals surface area contributed by atoms with Crippen LogP contribution in [0.5, 0.6) is 0 Å². The van der Waals surface area contributed by atoms with Crippen LogP contribution < -0.4 is 5.73 Å². The van der Waals surface area contributed by atoms with Gasteiger partial charge in [0, 0.05) is 12.1 Å². The lowest BCUT2D eigenvalue weighted by molar-refractivity contribution is 0.609. The summed E-state index contributed by atoms with van der Waals surface area (Å²) in [6.07, 6.45) is 3.33. The Labute approximate surface area is 78.8 Å². The van der Waals surface area contributed by atoms with Crippen molar-refractivity contribution in [2.24, 2.45) is 5.73 Å². The minimum atomic E-state index is -0.192. The Morgan fingerprint density at radius 2 is 2.15 bits per heavy atom. The molecule has 0 saturated heterocycles. The van der Waals surface area contributed by atoms with Gasteiger partial charge in [-0.15, -0.1) is 0 Å². The maximum atomic E-state index is 13.0. The SMILES string of the molecule is CCCCc1ccc(F)c(CN)c1. The molecule has 0 atom stereocenters. The second-order valence-electron chi connectivity index (χ2n) is 3.23. The molecule has 1 nitrogen and oxygen atoms in total. The Bertz CT molecular complexity index is 271. The highest BCUT2D eigenvalue weighted by Gasteiger charge is 2.00. The van der Waals surface area contributed by atoms with Gasteiger partial charge in [-0.2, -0.15) is 0 Å². The van der Waals surface area contributed by atoms with Crippen molar-refractivity contribution in [3.8, 4) is 0 Å². The van der Waals surface area contributed by atoms with Gasteiger partial charge in [0.25, 0.3) is 0 Å². The van der Waals surface area contributed by atoms with Crippen molar-refractivity contribution >= 4 is 0 Å². The van der Waals surface area contributed by atoms with Gasteiger partial charge in [0.2, 0.25) is 0 Å². The minimum Gasteiger partial charge on any atom is -0.326 e. The highest BCUT2D eigenvalue weighted by molar-refractivity contribution is 5.25. The molecule has 0 unspecified atom stereocenters. The monoisotopic (exact) mass is 181 g/mol. The third kappa shape index (κ3) is 2.81. The van der Waals surface area contributed by atoms with E-state index < -0.39 is 0 Å². The third-order valence-corrected chi connectivity index (χ3v) is 2.15. The fourth-order valence-corrected chi connectivity index (χ4v) is 1.32. The van der Waals surface area contributed by atoms with Crippen LogP contribution in [-0.4, -0.2) is 0 Å². The molecule has 2 N–H and O–H groups in total. The highest BCUT2D eigenvalue weighted by Crippen LogP contribution is 2.12. The van der Waals surface area contributed by atoms with Gasteiger partial charge in [0.1, 0.15) is 5.82 Å². The zero-order valence-electron chi connectivity index (χ0n) is 8.02. The number of hydrogen-bond donors (Lipinski definition) is 1. The molecule has 0 aliphatic carbocycles. The van der Waals surface area contributed by atoms with Crippen LogP contribution in [0.25, 0.3) is 0 Å². The van der Waals surface area contributed by atoms with E-state index in [1.165, 1.54) is 11.6 Å². The summed E-state index contributed by atoms with van der Waals surface area (Å²) in [4.78, 5) is 0. The molecule has 0 heterocycles. The van der Waals surface area contributed by atoms with Crippen LogP contribution in [0.15, 0.2) is 18.2 Å². The number of aryl methyl sites for hydroxylation is 1. The summed E-state index contributed by atoms with van der Waals surface area (Å²) in [7, 11) is 0. The third-order valence-electron chi connectivity index (χ3n) is 2.15. The topological polar surface area (TPSA) is 26.0 Å². The molecule has 0 spiro atoms. The first-order chi connectivity index (χ1) is 6.27. The predicted octanol–water partition coefficient (Wildman–Crippen LogP) is 2.63. The van der Waals surface area contributed by atoms with Gasteiger partial charge in [0.15, 0.2) is 0 Å². The molecule has 72 valence electrons. The molecule has 0 aromatic heterocycles. The van der Waals surface area contributed by atoms with Crippen LogP contribution in [0.2, 0.25) is 0 Å². The number of halogens is 1. The van der Waals surface area contributed by atoms with Gasteiger partial charge in [-0.05, 0) is 24.5 Å². The van der Waals surface area contributed by atoms with E-state index >= 15 is 0 Å². The standard InChI is InChI=1S/C11H16FN/c1-2-3-4-9-5-6-11(12)10(7-9)8-13/h5-7H,2-4,8,13H2,1H3. The molecule has 1 rings (SSSR count). The summed E-state index contributed by atoms with van der Waals surface area (Å²) in [5.41, 5.74) is 7.21. The largest absolute Gasteiger partial charge is 0.326 e. The van der Waals surface area contributed by atoms with Crippen molar-refractivity contribution in [3.05, 3.63) is 35.1 Å². The lowest BCUT2D eigenvalue weighted by Crippen LogP contribution is -2.00. The maximum absolute atomic E-state index is 13.0. The number of unbranched alkanes of at least 4 members (excludes halogenated alkanes) is 1. The van der Waals surface area contributed by atoms with Crippen molar-refractivity contribution in [2.75, 3.05) is 0 Å². The van der Waals surface area contributed by atoms with E-state index in [1.54, 1.807) is 0 Å². The van der Waals surface area contributed by atoms with Gasteiger partial charge < -0.3 is 5.73 Å². The first kappa shape index (κ1) is 10.2. The second kappa shape index (κ2) is 4.97. The summed E-state index contributed by atoms with van der Waals surface area (Å²) in [6, 6.07) is 5.21. The highest BCUT2D eigenvalue weighted by atomic mass is 19.1. The van der Waals surface area contributed by atoms with Crippen molar-refractivity contribution in [2.45, 2.75) is 32.7 Å². The van der Waals surface area contributed by atoms with Crippen LogP contribution in [0, 0.1) is 5.82 Å². The van der Waals surface area contributed by atoms with Crippen LogP contribution >= 0.6 is 0 Å². The van der Waals surface area contributed by atoms with Crippen molar-refractivity contribution < 1.29 is 4.39 Å². The summed E-state index contributed by atoms with van der Waals surface area (Å²) < 4.78 is 13.0. The van der Waals surface area contributed by atoms with Crippen LogP contribution in [0.4, 0.5) is 4.39 Å². The zero-order chi connectivity index (χ0) is 9.68. The molecule has 0 aliphatic heterocycles. The number of hydrogen-bond acceptors (Lipinski definition) is 1. The molecule has 0 radical (unpaired) electrons. The Hall–Kier alpha value is -0.890. The smallest absolute Gasteiger partial charge is 0.127 e. The molecule has 13 heavy (non-hydrogen) atoms. The van der Waals surface area contributed by atoms with E-state index in [2.05, 4.69) is 6.92 Å². The quantitative estimate of drug-likeness (QED) is 0.759. The lowest BCUT2D eigenvalue weighted by Gasteiger charge is -2.03. The predicted molar refractivity (Wildman–Crippen MR) is 52.9 cm³/mol. The van der Waals surface area contributed by atoms with Gasteiger partial charge in [-0.1, -0.05) is 25.5 Å². The Morgan fingerprint density at radius 1 is 1.38 bits per heavy atom. The van der Waals surface area contributed by atoms with Crippen molar-refractivity contribution in [1.29, 1.82) is 0 Å². The number of nitrogens with two attached hydrogens (primary N) is 1. The van der Waals surface area contributed by atoms with Crippen LogP contribution in [0.1, 0.15) is 30.9 Å². The Morgan fingerprint density at radius 3 is 2.77 bits per heavy atom. The molecule has 0 amide bonds. The second-order valence-corrected chi connectivity index (χ2v) is 3.23. The lowest BCUT2D eigenvalue weighted by atomic mass is 10.1. The first-order valence-electron chi connectivity index (χ1n) is 4.75. The van der Waals surface area contributed by atoms with Crippen molar-refractivity contribution in [3.63, 3.8) is 0 Å². The molecule has 0 bridgehead atoms. The average Bonchev–Trinajstić information content (AvgIpc) is 2.16. The van der Waals surface area contributed by atoms with Crippen LogP contribution in [0.3, 0.4) is 0 Å². The summed E-state index contributed by atoms with van der Waals surface area (Å²) in [5, 5.41) is 0. The fraction of sp³-hybridized carbons (Fsp3) is 0.455. The van der Waals surface area contributed by atoms with E-state index in [4.69, 9.17) is 5.73 Å². The molecular formula is C11H16FN. The van der Waals surface area contributed by atoms with E-state index in [-0.39, 0.29) is 12.4 Å². The minimum absolute atomic E-state index is 0.192. The normalized spacial score (nSPS) is 10.4.